The van der Waals surface area contributed by atoms with Crippen LogP contribution in [0.2, 0.25) is 0 Å². The van der Waals surface area contributed by atoms with Crippen LogP contribution in [0.1, 0.15) is 34.6 Å². The first kappa shape index (κ1) is 21.0. The molecule has 7 heteroatoms. The molecule has 0 radical (unpaired) electrons. The number of hydrogen-bond acceptors (Lipinski definition) is 6. The topological polar surface area (TPSA) is 90.9 Å². The lowest BCUT2D eigenvalue weighted by atomic mass is 10.1. The molecule has 0 spiro atoms. The number of carbonyl (C=O) groups is 3. The molecule has 0 aliphatic rings. The first-order valence-electron chi connectivity index (χ1n) is 8.84. The molecule has 2 rings (SSSR count). The van der Waals surface area contributed by atoms with Gasteiger partial charge in [-0.15, -0.1) is 0 Å². The number of hydrogen-bond donors (Lipinski definition) is 1. The Morgan fingerprint density at radius 1 is 1.04 bits per heavy atom. The second kappa shape index (κ2) is 10.1. The quantitative estimate of drug-likeness (QED) is 0.527. The molecule has 0 aromatic heterocycles. The first-order valence-corrected chi connectivity index (χ1v) is 8.84. The van der Waals surface area contributed by atoms with Crippen molar-refractivity contribution in [2.45, 2.75) is 20.0 Å². The Morgan fingerprint density at radius 3 is 2.36 bits per heavy atom. The number of amides is 1. The molecule has 0 saturated heterocycles. The number of ether oxygens (including phenoxy) is 3. The fraction of sp³-hybridized carbons (Fsp3) is 0.286. The van der Waals surface area contributed by atoms with Crippen LogP contribution in [-0.2, 0) is 9.53 Å². The summed E-state index contributed by atoms with van der Waals surface area (Å²) in [6.45, 7) is 3.52. The van der Waals surface area contributed by atoms with Gasteiger partial charge >= 0.3 is 5.97 Å². The highest BCUT2D eigenvalue weighted by molar-refractivity contribution is 6.01. The molecule has 0 aliphatic heterocycles. The summed E-state index contributed by atoms with van der Waals surface area (Å²) in [6, 6.07) is 13.2. The molecular formula is C21H23NO6. The Labute approximate surface area is 163 Å². The summed E-state index contributed by atoms with van der Waals surface area (Å²) in [5.41, 5.74) is 0.707. The largest absolute Gasteiger partial charge is 0.496 e. The van der Waals surface area contributed by atoms with Crippen LogP contribution in [0, 0.1) is 0 Å². The molecule has 0 bridgehead atoms. The highest BCUT2D eigenvalue weighted by Crippen LogP contribution is 2.17. The van der Waals surface area contributed by atoms with Gasteiger partial charge in [0, 0.05) is 5.56 Å². The minimum atomic E-state index is -0.978. The van der Waals surface area contributed by atoms with Crippen LogP contribution in [0.15, 0.2) is 48.5 Å². The van der Waals surface area contributed by atoms with Crippen molar-refractivity contribution in [3.63, 3.8) is 0 Å². The molecule has 1 atom stereocenters. The molecule has 148 valence electrons. The molecule has 0 aliphatic carbocycles. The molecule has 2 aromatic carbocycles. The van der Waals surface area contributed by atoms with Crippen LogP contribution >= 0.6 is 0 Å². The zero-order valence-electron chi connectivity index (χ0n) is 16.1. The number of rotatable bonds is 9. The second-order valence-electron chi connectivity index (χ2n) is 5.84. The predicted octanol–water partition coefficient (Wildman–Crippen LogP) is 2.64. The third kappa shape index (κ3) is 5.57. The molecule has 0 fully saturated rings. The van der Waals surface area contributed by atoms with Crippen molar-refractivity contribution in [1.82, 2.24) is 5.32 Å². The summed E-state index contributed by atoms with van der Waals surface area (Å²) in [7, 11) is 1.45. The maximum absolute atomic E-state index is 12.4. The maximum atomic E-state index is 12.4. The zero-order chi connectivity index (χ0) is 20.5. The van der Waals surface area contributed by atoms with E-state index in [1.54, 1.807) is 48.5 Å². The predicted molar refractivity (Wildman–Crippen MR) is 103 cm³/mol. The van der Waals surface area contributed by atoms with Gasteiger partial charge in [0.25, 0.3) is 5.91 Å². The SMILES string of the molecule is CCOc1ccc(C(=O)[C@H](C)OC(=O)CNC(=O)c2ccccc2OC)cc1. The molecule has 1 N–H and O–H groups in total. The van der Waals surface area contributed by atoms with Crippen molar-refractivity contribution >= 4 is 17.7 Å². The monoisotopic (exact) mass is 385 g/mol. The molecule has 0 heterocycles. The van der Waals surface area contributed by atoms with E-state index in [4.69, 9.17) is 14.2 Å². The van der Waals surface area contributed by atoms with Gasteiger partial charge in [-0.1, -0.05) is 12.1 Å². The van der Waals surface area contributed by atoms with E-state index in [0.29, 0.717) is 29.2 Å². The van der Waals surface area contributed by atoms with E-state index in [0.717, 1.165) is 0 Å². The summed E-state index contributed by atoms with van der Waals surface area (Å²) in [5.74, 6) is -0.474. The number of benzene rings is 2. The lowest BCUT2D eigenvalue weighted by Gasteiger charge is -2.13. The maximum Gasteiger partial charge on any atom is 0.326 e. The highest BCUT2D eigenvalue weighted by atomic mass is 16.5. The van der Waals surface area contributed by atoms with E-state index < -0.39 is 18.0 Å². The van der Waals surface area contributed by atoms with Crippen LogP contribution in [-0.4, -0.2) is 44.0 Å². The van der Waals surface area contributed by atoms with Gasteiger partial charge in [0.2, 0.25) is 5.78 Å². The van der Waals surface area contributed by atoms with Gasteiger partial charge in [0.05, 0.1) is 19.3 Å². The number of nitrogens with one attached hydrogen (secondary N) is 1. The molecule has 0 unspecified atom stereocenters. The zero-order valence-corrected chi connectivity index (χ0v) is 16.1. The average molecular weight is 385 g/mol. The lowest BCUT2D eigenvalue weighted by molar-refractivity contribution is -0.145. The van der Waals surface area contributed by atoms with Gasteiger partial charge in [-0.05, 0) is 50.2 Å². The number of para-hydroxylation sites is 1. The number of carbonyl (C=O) groups excluding carboxylic acids is 3. The molecule has 0 saturated carbocycles. The third-order valence-corrected chi connectivity index (χ3v) is 3.87. The Hall–Kier alpha value is -3.35. The standard InChI is InChI=1S/C21H23NO6/c1-4-27-16-11-9-15(10-12-16)20(24)14(2)28-19(23)13-22-21(25)17-7-5-6-8-18(17)26-3/h5-12,14H,4,13H2,1-3H3,(H,22,25)/t14-/m0/s1. The summed E-state index contributed by atoms with van der Waals surface area (Å²) in [6.07, 6.45) is -0.978. The van der Waals surface area contributed by atoms with Crippen molar-refractivity contribution in [1.29, 1.82) is 0 Å². The normalized spacial score (nSPS) is 11.2. The number of methoxy groups -OCH3 is 1. The Balaban J connectivity index is 1.87. The summed E-state index contributed by atoms with van der Waals surface area (Å²) >= 11 is 0. The van der Waals surface area contributed by atoms with Gasteiger partial charge in [-0.25, -0.2) is 0 Å². The van der Waals surface area contributed by atoms with Gasteiger partial charge in [-0.3, -0.25) is 14.4 Å². The van der Waals surface area contributed by atoms with Crippen molar-refractivity contribution in [2.75, 3.05) is 20.3 Å². The van der Waals surface area contributed by atoms with E-state index in [2.05, 4.69) is 5.32 Å². The van der Waals surface area contributed by atoms with Crippen LogP contribution < -0.4 is 14.8 Å². The van der Waals surface area contributed by atoms with Gasteiger partial charge < -0.3 is 19.5 Å². The number of ketones is 1. The van der Waals surface area contributed by atoms with Crippen LogP contribution in [0.3, 0.4) is 0 Å². The van der Waals surface area contributed by atoms with Gasteiger partial charge in [0.1, 0.15) is 18.0 Å². The molecule has 7 nitrogen and oxygen atoms in total. The van der Waals surface area contributed by atoms with Crippen LogP contribution in [0.25, 0.3) is 0 Å². The van der Waals surface area contributed by atoms with Crippen molar-refractivity contribution < 1.29 is 28.6 Å². The lowest BCUT2D eigenvalue weighted by Crippen LogP contribution is -2.34. The van der Waals surface area contributed by atoms with Crippen molar-refractivity contribution in [3.8, 4) is 11.5 Å². The summed E-state index contributed by atoms with van der Waals surface area (Å²) in [5, 5.41) is 2.46. The first-order chi connectivity index (χ1) is 13.5. The van der Waals surface area contributed by atoms with E-state index in [1.807, 2.05) is 6.92 Å². The van der Waals surface area contributed by atoms with Gasteiger partial charge in [0.15, 0.2) is 6.10 Å². The minimum Gasteiger partial charge on any atom is -0.496 e. The number of esters is 1. The third-order valence-electron chi connectivity index (χ3n) is 3.87. The molecule has 2 aromatic rings. The smallest absolute Gasteiger partial charge is 0.326 e. The van der Waals surface area contributed by atoms with E-state index >= 15 is 0 Å². The van der Waals surface area contributed by atoms with E-state index in [1.165, 1.54) is 14.0 Å². The second-order valence-corrected chi connectivity index (χ2v) is 5.84. The minimum absolute atomic E-state index is 0.302. The summed E-state index contributed by atoms with van der Waals surface area (Å²) < 4.78 is 15.6. The number of Topliss-reactive ketones (excluding diaryl/α,β-unsaturated/α-hetero) is 1. The van der Waals surface area contributed by atoms with E-state index in [9.17, 15) is 14.4 Å². The molecular weight excluding hydrogens is 362 g/mol. The fourth-order valence-electron chi connectivity index (χ4n) is 2.49. The van der Waals surface area contributed by atoms with Crippen molar-refractivity contribution in [3.05, 3.63) is 59.7 Å². The Bertz CT molecular complexity index is 831. The molecule has 28 heavy (non-hydrogen) atoms. The highest BCUT2D eigenvalue weighted by Gasteiger charge is 2.20. The van der Waals surface area contributed by atoms with Crippen molar-refractivity contribution in [2.24, 2.45) is 0 Å². The Morgan fingerprint density at radius 2 is 1.71 bits per heavy atom. The van der Waals surface area contributed by atoms with Crippen LogP contribution in [0.4, 0.5) is 0 Å². The Kier molecular flexibility index (Phi) is 7.56. The van der Waals surface area contributed by atoms with E-state index in [-0.39, 0.29) is 12.3 Å². The average Bonchev–Trinajstić information content (AvgIpc) is 2.72. The molecule has 1 amide bonds. The summed E-state index contributed by atoms with van der Waals surface area (Å²) in [4.78, 5) is 36.5. The fourth-order valence-corrected chi connectivity index (χ4v) is 2.49. The van der Waals surface area contributed by atoms with Crippen LogP contribution in [0.5, 0.6) is 11.5 Å². The van der Waals surface area contributed by atoms with Gasteiger partial charge in [-0.2, -0.15) is 0 Å².